The molecule has 234 valence electrons. The first-order valence-electron chi connectivity index (χ1n) is 14.8. The van der Waals surface area contributed by atoms with E-state index in [1.165, 1.54) is 30.7 Å². The van der Waals surface area contributed by atoms with Gasteiger partial charge in [0.2, 0.25) is 10.0 Å². The molecule has 0 spiro atoms. The van der Waals surface area contributed by atoms with Gasteiger partial charge in [-0.25, -0.2) is 13.6 Å². The molecule has 1 atom stereocenters. The molecule has 3 aromatic carbocycles. The summed E-state index contributed by atoms with van der Waals surface area (Å²) in [4.78, 5) is 11.1. The molecular formula is C33H44N2O7S. The minimum absolute atomic E-state index is 0.0270. The number of benzene rings is 3. The fraction of sp³-hybridized carbons (Fsp3) is 0.424. The van der Waals surface area contributed by atoms with Crippen LogP contribution in [0.3, 0.4) is 0 Å². The number of esters is 1. The van der Waals surface area contributed by atoms with Gasteiger partial charge in [-0.3, -0.25) is 4.79 Å². The molecule has 0 aromatic heterocycles. The Bertz CT molecular complexity index is 1380. The predicted molar refractivity (Wildman–Crippen MR) is 167 cm³/mol. The largest absolute Gasteiger partial charge is 0.508 e. The maximum absolute atomic E-state index is 11.4. The molecule has 0 saturated carbocycles. The monoisotopic (exact) mass is 612 g/mol. The Morgan fingerprint density at radius 3 is 2.16 bits per heavy atom. The standard InChI is InChI=1S/C33H44N2O7S/c1-25(36)42-24-30-22-29(15-18-32(30)37)33(38)23-35-19-5-2-3-6-20-41-21-7-4-8-26-9-11-27(12-10-26)28-13-16-31(17-14-28)43(34,39)40/h9-18,22,33,35,37-38H,2-8,19-21,23-24H2,1H3,(H2,34,39,40)/t33-/m0/s1. The maximum Gasteiger partial charge on any atom is 0.302 e. The summed E-state index contributed by atoms with van der Waals surface area (Å²) >= 11 is 0. The molecule has 0 heterocycles. The first-order chi connectivity index (χ1) is 20.6. The van der Waals surface area contributed by atoms with Crippen LogP contribution in [0.2, 0.25) is 0 Å². The van der Waals surface area contributed by atoms with Crippen LogP contribution >= 0.6 is 0 Å². The number of carbonyl (C=O) groups is 1. The molecular weight excluding hydrogens is 568 g/mol. The summed E-state index contributed by atoms with van der Waals surface area (Å²) in [5.41, 5.74) is 4.37. The highest BCUT2D eigenvalue weighted by atomic mass is 32.2. The zero-order valence-corrected chi connectivity index (χ0v) is 25.7. The van der Waals surface area contributed by atoms with Gasteiger partial charge in [0.15, 0.2) is 0 Å². The van der Waals surface area contributed by atoms with Crippen LogP contribution in [0.4, 0.5) is 0 Å². The Balaban J connectivity index is 1.18. The number of ether oxygens (including phenoxy) is 2. The number of aromatic hydroxyl groups is 1. The molecule has 3 rings (SSSR count). The molecule has 43 heavy (non-hydrogen) atoms. The second-order valence-electron chi connectivity index (χ2n) is 10.6. The molecule has 0 aliphatic rings. The molecule has 5 N–H and O–H groups in total. The summed E-state index contributed by atoms with van der Waals surface area (Å²) in [6, 6.07) is 19.7. The third kappa shape index (κ3) is 12.5. The lowest BCUT2D eigenvalue weighted by Crippen LogP contribution is -2.22. The normalized spacial score (nSPS) is 12.3. The van der Waals surface area contributed by atoms with Gasteiger partial charge in [0.1, 0.15) is 12.4 Å². The summed E-state index contributed by atoms with van der Waals surface area (Å²) in [7, 11) is -3.68. The highest BCUT2D eigenvalue weighted by molar-refractivity contribution is 7.89. The number of primary sulfonamides is 1. The van der Waals surface area contributed by atoms with Gasteiger partial charge in [-0.1, -0.05) is 55.3 Å². The third-order valence-corrected chi connectivity index (χ3v) is 8.05. The number of sulfonamides is 1. The summed E-state index contributed by atoms with van der Waals surface area (Å²) in [5.74, 6) is -0.390. The summed E-state index contributed by atoms with van der Waals surface area (Å²) in [6.45, 7) is 4.02. The molecule has 0 aliphatic heterocycles. The van der Waals surface area contributed by atoms with Crippen LogP contribution in [0.1, 0.15) is 68.2 Å². The number of unbranched alkanes of at least 4 members (excludes halogenated alkanes) is 4. The van der Waals surface area contributed by atoms with Crippen LogP contribution in [-0.4, -0.2) is 50.9 Å². The molecule has 9 nitrogen and oxygen atoms in total. The molecule has 3 aromatic rings. The molecule has 0 saturated heterocycles. The van der Waals surface area contributed by atoms with Crippen molar-refractivity contribution in [1.82, 2.24) is 5.32 Å². The van der Waals surface area contributed by atoms with E-state index in [9.17, 15) is 23.4 Å². The first-order valence-corrected chi connectivity index (χ1v) is 16.3. The number of carbonyl (C=O) groups excluding carboxylic acids is 1. The lowest BCUT2D eigenvalue weighted by molar-refractivity contribution is -0.142. The number of nitrogens with one attached hydrogen (secondary N) is 1. The van der Waals surface area contributed by atoms with Gasteiger partial charge in [-0.15, -0.1) is 0 Å². The first kappa shape index (κ1) is 34.2. The molecule has 0 amide bonds. The van der Waals surface area contributed by atoms with Gasteiger partial charge in [0, 0.05) is 32.2 Å². The summed E-state index contributed by atoms with van der Waals surface area (Å²) < 4.78 is 33.6. The highest BCUT2D eigenvalue weighted by Gasteiger charge is 2.11. The maximum atomic E-state index is 11.4. The number of aryl methyl sites for hydroxylation is 1. The van der Waals surface area contributed by atoms with Crippen molar-refractivity contribution in [3.05, 3.63) is 83.4 Å². The second kappa shape index (κ2) is 17.7. The number of aliphatic hydroxyl groups is 1. The van der Waals surface area contributed by atoms with Gasteiger partial charge in [0.25, 0.3) is 0 Å². The van der Waals surface area contributed by atoms with Crippen molar-refractivity contribution < 1.29 is 32.9 Å². The average Bonchev–Trinajstić information content (AvgIpc) is 2.99. The Kier molecular flexibility index (Phi) is 14.1. The van der Waals surface area contributed by atoms with E-state index in [0.717, 1.165) is 75.8 Å². The number of rotatable bonds is 19. The Labute approximate surface area is 255 Å². The molecule has 0 aliphatic carbocycles. The molecule has 0 bridgehead atoms. The Morgan fingerprint density at radius 2 is 1.51 bits per heavy atom. The van der Waals surface area contributed by atoms with Crippen molar-refractivity contribution in [2.24, 2.45) is 5.14 Å². The lowest BCUT2D eigenvalue weighted by atomic mass is 10.0. The minimum Gasteiger partial charge on any atom is -0.508 e. The number of aliphatic hydroxyl groups excluding tert-OH is 1. The molecule has 0 fully saturated rings. The van der Waals surface area contributed by atoms with Crippen LogP contribution in [0.25, 0.3) is 11.1 Å². The van der Waals surface area contributed by atoms with Gasteiger partial charge < -0.3 is 25.0 Å². The Morgan fingerprint density at radius 1 is 0.884 bits per heavy atom. The summed E-state index contributed by atoms with van der Waals surface area (Å²) in [5, 5.41) is 28.8. The van der Waals surface area contributed by atoms with E-state index >= 15 is 0 Å². The van der Waals surface area contributed by atoms with Crippen LogP contribution in [-0.2, 0) is 37.3 Å². The number of phenolic OH excluding ortho intramolecular Hbond substituents is 1. The fourth-order valence-electron chi connectivity index (χ4n) is 4.61. The van der Waals surface area contributed by atoms with E-state index in [1.54, 1.807) is 24.3 Å². The molecule has 10 heteroatoms. The zero-order valence-electron chi connectivity index (χ0n) is 24.8. The van der Waals surface area contributed by atoms with Crippen LogP contribution in [0, 0.1) is 0 Å². The Hall–Kier alpha value is -3.28. The van der Waals surface area contributed by atoms with E-state index in [-0.39, 0.29) is 17.3 Å². The fourth-order valence-corrected chi connectivity index (χ4v) is 5.12. The SMILES string of the molecule is CC(=O)OCc1cc([C@@H](O)CNCCCCCCOCCCCc2ccc(-c3ccc(S(N)(=O)=O)cc3)cc2)ccc1O. The third-order valence-electron chi connectivity index (χ3n) is 7.12. The quantitative estimate of drug-likeness (QED) is 0.109. The number of phenols is 1. The van der Waals surface area contributed by atoms with Crippen LogP contribution < -0.4 is 10.5 Å². The van der Waals surface area contributed by atoms with E-state index < -0.39 is 22.1 Å². The van der Waals surface area contributed by atoms with Crippen molar-refractivity contribution in [1.29, 1.82) is 0 Å². The van der Waals surface area contributed by atoms with Crippen molar-refractivity contribution in [3.8, 4) is 16.9 Å². The van der Waals surface area contributed by atoms with Gasteiger partial charge in [-0.2, -0.15) is 0 Å². The van der Waals surface area contributed by atoms with Crippen molar-refractivity contribution in [3.63, 3.8) is 0 Å². The van der Waals surface area contributed by atoms with Crippen LogP contribution in [0.15, 0.2) is 71.6 Å². The predicted octanol–water partition coefficient (Wildman–Crippen LogP) is 4.99. The molecule has 0 unspecified atom stereocenters. The summed E-state index contributed by atoms with van der Waals surface area (Å²) in [6.07, 6.45) is 6.56. The van der Waals surface area contributed by atoms with E-state index in [2.05, 4.69) is 29.6 Å². The number of hydrogen-bond acceptors (Lipinski definition) is 8. The van der Waals surface area contributed by atoms with Crippen LogP contribution in [0.5, 0.6) is 5.75 Å². The lowest BCUT2D eigenvalue weighted by Gasteiger charge is -2.14. The highest BCUT2D eigenvalue weighted by Crippen LogP contribution is 2.24. The zero-order chi connectivity index (χ0) is 31.1. The van der Waals surface area contributed by atoms with Gasteiger partial charge >= 0.3 is 5.97 Å². The smallest absolute Gasteiger partial charge is 0.302 e. The number of hydrogen-bond donors (Lipinski definition) is 4. The number of nitrogens with two attached hydrogens (primary N) is 1. The van der Waals surface area contributed by atoms with Gasteiger partial charge in [0.05, 0.1) is 11.0 Å². The van der Waals surface area contributed by atoms with Gasteiger partial charge in [-0.05, 0) is 85.2 Å². The van der Waals surface area contributed by atoms with E-state index in [1.807, 2.05) is 0 Å². The molecule has 0 radical (unpaired) electrons. The minimum atomic E-state index is -3.68. The topological polar surface area (TPSA) is 148 Å². The van der Waals surface area contributed by atoms with Crippen molar-refractivity contribution in [2.45, 2.75) is 69.5 Å². The second-order valence-corrected chi connectivity index (χ2v) is 12.2. The van der Waals surface area contributed by atoms with Crippen molar-refractivity contribution >= 4 is 16.0 Å². The van der Waals surface area contributed by atoms with E-state index in [0.29, 0.717) is 17.7 Å². The average molecular weight is 613 g/mol. The van der Waals surface area contributed by atoms with E-state index in [4.69, 9.17) is 14.6 Å². The van der Waals surface area contributed by atoms with Crippen molar-refractivity contribution in [2.75, 3.05) is 26.3 Å².